The van der Waals surface area contributed by atoms with Gasteiger partial charge in [0.05, 0.1) is 0 Å². The summed E-state index contributed by atoms with van der Waals surface area (Å²) in [6.07, 6.45) is 8.30. The van der Waals surface area contributed by atoms with E-state index in [2.05, 4.69) is 22.1 Å². The van der Waals surface area contributed by atoms with Crippen LogP contribution in [0.25, 0.3) is 0 Å². The molecule has 3 rings (SSSR count). The summed E-state index contributed by atoms with van der Waals surface area (Å²) in [6, 6.07) is 2.78. The lowest BCUT2D eigenvalue weighted by Crippen LogP contribution is -2.26. The first kappa shape index (κ1) is 11.8. The van der Waals surface area contributed by atoms with Crippen molar-refractivity contribution in [3.63, 3.8) is 0 Å². The minimum absolute atomic E-state index is 0.181. The summed E-state index contributed by atoms with van der Waals surface area (Å²) in [5.41, 5.74) is 8.72. The molecule has 0 bridgehead atoms. The van der Waals surface area contributed by atoms with Gasteiger partial charge < -0.3 is 15.6 Å². The van der Waals surface area contributed by atoms with Gasteiger partial charge in [0.25, 0.3) is 0 Å². The van der Waals surface area contributed by atoms with E-state index in [0.29, 0.717) is 12.5 Å². The van der Waals surface area contributed by atoms with Crippen LogP contribution in [0.3, 0.4) is 0 Å². The minimum Gasteiger partial charge on any atom is -0.353 e. The van der Waals surface area contributed by atoms with Crippen LogP contribution < -0.4 is 11.1 Å². The summed E-state index contributed by atoms with van der Waals surface area (Å²) < 4.78 is 2.21. The molecule has 98 valence electrons. The van der Waals surface area contributed by atoms with E-state index >= 15 is 0 Å². The monoisotopic (exact) mass is 247 g/mol. The molecule has 4 heteroatoms. The maximum absolute atomic E-state index is 11.7. The van der Waals surface area contributed by atoms with Gasteiger partial charge in [0.15, 0.2) is 0 Å². The van der Waals surface area contributed by atoms with E-state index in [1.807, 2.05) is 0 Å². The average molecular weight is 247 g/mol. The Balaban J connectivity index is 1.60. The Morgan fingerprint density at radius 1 is 1.44 bits per heavy atom. The minimum atomic E-state index is 0.181. The van der Waals surface area contributed by atoms with E-state index < -0.39 is 0 Å². The molecule has 0 aromatic carbocycles. The molecule has 4 nitrogen and oxygen atoms in total. The van der Waals surface area contributed by atoms with E-state index in [9.17, 15) is 4.79 Å². The molecule has 1 amide bonds. The molecule has 2 aliphatic rings. The summed E-state index contributed by atoms with van der Waals surface area (Å²) in [6.45, 7) is 0.778. The van der Waals surface area contributed by atoms with Crippen LogP contribution in [0.1, 0.15) is 49.4 Å². The quantitative estimate of drug-likeness (QED) is 0.847. The molecule has 1 unspecified atom stereocenters. The Labute approximate surface area is 108 Å². The standard InChI is InChI=1S/C14H21N3O/c15-12-2-1-3-13-11(12)6-8-17(13)9-7-14(18)16-10-4-5-10/h6,8,10,12H,1-5,7,9,15H2,(H,16,18). The van der Waals surface area contributed by atoms with Crippen LogP contribution in [0.15, 0.2) is 12.3 Å². The predicted octanol–water partition coefficient (Wildman–Crippen LogP) is 1.49. The maximum Gasteiger partial charge on any atom is 0.222 e. The number of hydrogen-bond acceptors (Lipinski definition) is 2. The second-order valence-electron chi connectivity index (χ2n) is 5.50. The summed E-state index contributed by atoms with van der Waals surface area (Å²) in [7, 11) is 0. The van der Waals surface area contributed by atoms with E-state index in [0.717, 1.165) is 38.6 Å². The topological polar surface area (TPSA) is 60.0 Å². The van der Waals surface area contributed by atoms with Crippen LogP contribution in [0.5, 0.6) is 0 Å². The Hall–Kier alpha value is -1.29. The molecule has 1 heterocycles. The highest BCUT2D eigenvalue weighted by Gasteiger charge is 2.23. The highest BCUT2D eigenvalue weighted by atomic mass is 16.1. The van der Waals surface area contributed by atoms with Crippen molar-refractivity contribution in [3.05, 3.63) is 23.5 Å². The molecule has 1 saturated carbocycles. The molecule has 0 saturated heterocycles. The van der Waals surface area contributed by atoms with Gasteiger partial charge in [0, 0.05) is 36.9 Å². The Bertz CT molecular complexity index is 448. The smallest absolute Gasteiger partial charge is 0.222 e. The van der Waals surface area contributed by atoms with Gasteiger partial charge in [0.2, 0.25) is 5.91 Å². The zero-order chi connectivity index (χ0) is 12.5. The first-order valence-corrected chi connectivity index (χ1v) is 6.97. The van der Waals surface area contributed by atoms with Crippen molar-refractivity contribution in [1.82, 2.24) is 9.88 Å². The third kappa shape index (κ3) is 2.43. The third-order valence-corrected chi connectivity index (χ3v) is 3.96. The van der Waals surface area contributed by atoms with Crippen molar-refractivity contribution < 1.29 is 4.79 Å². The van der Waals surface area contributed by atoms with Gasteiger partial charge in [-0.3, -0.25) is 4.79 Å². The number of nitrogens with one attached hydrogen (secondary N) is 1. The highest BCUT2D eigenvalue weighted by molar-refractivity contribution is 5.76. The highest BCUT2D eigenvalue weighted by Crippen LogP contribution is 2.28. The Kier molecular flexibility index (Phi) is 3.12. The zero-order valence-corrected chi connectivity index (χ0v) is 10.7. The number of amides is 1. The number of aromatic nitrogens is 1. The SMILES string of the molecule is NC1CCCc2c1ccn2CCC(=O)NC1CC1. The number of hydrogen-bond donors (Lipinski definition) is 2. The number of aryl methyl sites for hydroxylation is 1. The first-order chi connectivity index (χ1) is 8.74. The zero-order valence-electron chi connectivity index (χ0n) is 10.7. The number of carbonyl (C=O) groups is 1. The number of nitrogens with two attached hydrogens (primary N) is 1. The predicted molar refractivity (Wildman–Crippen MR) is 70.1 cm³/mol. The van der Waals surface area contributed by atoms with Crippen LogP contribution in [-0.2, 0) is 17.8 Å². The summed E-state index contributed by atoms with van der Waals surface area (Å²) in [4.78, 5) is 11.7. The number of carbonyl (C=O) groups excluding carboxylic acids is 1. The van der Waals surface area contributed by atoms with E-state index in [1.165, 1.54) is 11.3 Å². The largest absolute Gasteiger partial charge is 0.353 e. The van der Waals surface area contributed by atoms with Gasteiger partial charge in [-0.25, -0.2) is 0 Å². The molecule has 0 radical (unpaired) electrons. The Morgan fingerprint density at radius 3 is 3.06 bits per heavy atom. The summed E-state index contributed by atoms with van der Waals surface area (Å²) in [5, 5.41) is 3.03. The lowest BCUT2D eigenvalue weighted by Gasteiger charge is -2.20. The molecule has 0 aliphatic heterocycles. The van der Waals surface area contributed by atoms with Gasteiger partial charge >= 0.3 is 0 Å². The molecule has 2 aliphatic carbocycles. The van der Waals surface area contributed by atoms with Gasteiger partial charge in [-0.15, -0.1) is 0 Å². The second kappa shape index (κ2) is 4.76. The molecule has 1 fully saturated rings. The fourth-order valence-corrected chi connectivity index (χ4v) is 2.75. The van der Waals surface area contributed by atoms with Gasteiger partial charge in [0.1, 0.15) is 0 Å². The lowest BCUT2D eigenvalue weighted by atomic mass is 9.94. The van der Waals surface area contributed by atoms with Crippen LogP contribution in [0.4, 0.5) is 0 Å². The van der Waals surface area contributed by atoms with Crippen molar-refractivity contribution in [2.75, 3.05) is 0 Å². The second-order valence-corrected chi connectivity index (χ2v) is 5.50. The summed E-state index contributed by atoms with van der Waals surface area (Å²) >= 11 is 0. The molecule has 18 heavy (non-hydrogen) atoms. The molecule has 0 spiro atoms. The fraction of sp³-hybridized carbons (Fsp3) is 0.643. The van der Waals surface area contributed by atoms with Crippen molar-refractivity contribution in [2.45, 2.75) is 57.2 Å². The maximum atomic E-state index is 11.7. The van der Waals surface area contributed by atoms with Crippen LogP contribution in [0, 0.1) is 0 Å². The lowest BCUT2D eigenvalue weighted by molar-refractivity contribution is -0.121. The first-order valence-electron chi connectivity index (χ1n) is 6.97. The normalized spacial score (nSPS) is 22.6. The Morgan fingerprint density at radius 2 is 2.28 bits per heavy atom. The van der Waals surface area contributed by atoms with Crippen LogP contribution >= 0.6 is 0 Å². The van der Waals surface area contributed by atoms with Crippen LogP contribution in [0.2, 0.25) is 0 Å². The van der Waals surface area contributed by atoms with Crippen LogP contribution in [-0.4, -0.2) is 16.5 Å². The number of fused-ring (bicyclic) bond motifs is 1. The van der Waals surface area contributed by atoms with Crippen molar-refractivity contribution in [2.24, 2.45) is 5.73 Å². The van der Waals surface area contributed by atoms with E-state index in [1.54, 1.807) is 0 Å². The van der Waals surface area contributed by atoms with E-state index in [4.69, 9.17) is 5.73 Å². The number of nitrogens with zero attached hydrogens (tertiary/aromatic N) is 1. The van der Waals surface area contributed by atoms with Gasteiger partial charge in [-0.1, -0.05) is 0 Å². The van der Waals surface area contributed by atoms with E-state index in [-0.39, 0.29) is 11.9 Å². The molecular formula is C14H21N3O. The molecular weight excluding hydrogens is 226 g/mol. The molecule has 1 aromatic rings. The number of rotatable bonds is 4. The fourth-order valence-electron chi connectivity index (χ4n) is 2.75. The third-order valence-electron chi connectivity index (χ3n) is 3.96. The molecule has 3 N–H and O–H groups in total. The van der Waals surface area contributed by atoms with Gasteiger partial charge in [-0.2, -0.15) is 0 Å². The average Bonchev–Trinajstić information content (AvgIpc) is 3.06. The van der Waals surface area contributed by atoms with Crippen molar-refractivity contribution >= 4 is 5.91 Å². The summed E-state index contributed by atoms with van der Waals surface area (Å²) in [5.74, 6) is 0.181. The van der Waals surface area contributed by atoms with Gasteiger partial charge in [-0.05, 0) is 43.7 Å². The molecule has 1 atom stereocenters. The molecule has 1 aromatic heterocycles. The van der Waals surface area contributed by atoms with Crippen molar-refractivity contribution in [1.29, 1.82) is 0 Å². The van der Waals surface area contributed by atoms with Crippen molar-refractivity contribution in [3.8, 4) is 0 Å².